The fourth-order valence-electron chi connectivity index (χ4n) is 2.30. The summed E-state index contributed by atoms with van der Waals surface area (Å²) in [6, 6.07) is 6.57. The fraction of sp³-hybridized carbons (Fsp3) is 0.235. The number of rotatable bonds is 5. The molecule has 1 amide bonds. The van der Waals surface area contributed by atoms with Gasteiger partial charge in [0.25, 0.3) is 11.6 Å². The first-order valence-electron chi connectivity index (χ1n) is 7.74. The Balaban J connectivity index is 2.46. The molecule has 0 fully saturated rings. The minimum Gasteiger partial charge on any atom is -0.322 e. The number of nitro benzene ring substituents is 1. The fourth-order valence-corrected chi connectivity index (χ4v) is 3.50. The van der Waals surface area contributed by atoms with Crippen LogP contribution in [0.4, 0.5) is 11.4 Å². The van der Waals surface area contributed by atoms with E-state index in [0.717, 1.165) is 10.4 Å². The van der Waals surface area contributed by atoms with Crippen LogP contribution in [0.2, 0.25) is 5.02 Å². The lowest BCUT2D eigenvalue weighted by molar-refractivity contribution is -0.384. The second-order valence-corrected chi connectivity index (χ2v) is 8.64. The van der Waals surface area contributed by atoms with Gasteiger partial charge in [-0.2, -0.15) is 0 Å². The van der Waals surface area contributed by atoms with Crippen molar-refractivity contribution in [2.45, 2.75) is 18.7 Å². The topological polar surface area (TPSA) is 110 Å². The van der Waals surface area contributed by atoms with Crippen LogP contribution >= 0.6 is 11.6 Å². The van der Waals surface area contributed by atoms with Gasteiger partial charge in [0.05, 0.1) is 9.82 Å². The summed E-state index contributed by atoms with van der Waals surface area (Å²) in [5.41, 5.74) is 1.31. The van der Waals surface area contributed by atoms with E-state index in [9.17, 15) is 23.3 Å². The van der Waals surface area contributed by atoms with E-state index in [0.29, 0.717) is 16.8 Å². The Bertz CT molecular complexity index is 1040. The van der Waals surface area contributed by atoms with Crippen LogP contribution in [0.3, 0.4) is 0 Å². The molecule has 0 aliphatic rings. The molecule has 1 N–H and O–H groups in total. The summed E-state index contributed by atoms with van der Waals surface area (Å²) in [4.78, 5) is 22.9. The molecule has 2 aromatic rings. The highest BCUT2D eigenvalue weighted by Crippen LogP contribution is 2.28. The van der Waals surface area contributed by atoms with Crippen molar-refractivity contribution in [2.24, 2.45) is 0 Å². The van der Waals surface area contributed by atoms with Gasteiger partial charge in [-0.3, -0.25) is 14.9 Å². The molecule has 144 valence electrons. The molecular formula is C17H18ClN3O5S. The van der Waals surface area contributed by atoms with Gasteiger partial charge in [-0.05, 0) is 49.2 Å². The maximum absolute atomic E-state index is 12.5. The van der Waals surface area contributed by atoms with E-state index in [-0.39, 0.29) is 21.2 Å². The van der Waals surface area contributed by atoms with Crippen LogP contribution in [0, 0.1) is 24.0 Å². The predicted molar refractivity (Wildman–Crippen MR) is 103 cm³/mol. The molecule has 0 unspecified atom stereocenters. The molecule has 2 aromatic carbocycles. The van der Waals surface area contributed by atoms with Gasteiger partial charge in [0.1, 0.15) is 5.02 Å². The van der Waals surface area contributed by atoms with Gasteiger partial charge in [0.2, 0.25) is 10.0 Å². The van der Waals surface area contributed by atoms with Crippen LogP contribution in [0.15, 0.2) is 35.2 Å². The van der Waals surface area contributed by atoms with Gasteiger partial charge in [-0.1, -0.05) is 11.6 Å². The molecule has 0 saturated heterocycles. The third-order valence-electron chi connectivity index (χ3n) is 4.07. The van der Waals surface area contributed by atoms with Crippen molar-refractivity contribution in [3.8, 4) is 0 Å². The van der Waals surface area contributed by atoms with Gasteiger partial charge >= 0.3 is 0 Å². The summed E-state index contributed by atoms with van der Waals surface area (Å²) in [5.74, 6) is -0.614. The number of sulfonamides is 1. The number of aryl methyl sites for hydroxylation is 1. The number of nitrogens with zero attached hydrogens (tertiary/aromatic N) is 2. The highest BCUT2D eigenvalue weighted by molar-refractivity contribution is 7.89. The van der Waals surface area contributed by atoms with E-state index in [1.807, 2.05) is 0 Å². The van der Waals surface area contributed by atoms with E-state index in [1.54, 1.807) is 13.8 Å². The Kier molecular flexibility index (Phi) is 5.88. The number of hydrogen-bond acceptors (Lipinski definition) is 5. The number of halogens is 1. The molecule has 0 bridgehead atoms. The molecule has 8 nitrogen and oxygen atoms in total. The summed E-state index contributed by atoms with van der Waals surface area (Å²) in [6.45, 7) is 3.47. The van der Waals surface area contributed by atoms with Gasteiger partial charge in [-0.15, -0.1) is 0 Å². The molecule has 27 heavy (non-hydrogen) atoms. The zero-order valence-corrected chi connectivity index (χ0v) is 16.7. The van der Waals surface area contributed by atoms with Crippen molar-refractivity contribution in [1.29, 1.82) is 0 Å². The van der Waals surface area contributed by atoms with Crippen LogP contribution < -0.4 is 5.32 Å². The zero-order chi connectivity index (χ0) is 20.5. The second-order valence-electron chi connectivity index (χ2n) is 6.08. The van der Waals surface area contributed by atoms with Crippen molar-refractivity contribution in [3.63, 3.8) is 0 Å². The third kappa shape index (κ3) is 4.26. The highest BCUT2D eigenvalue weighted by atomic mass is 35.5. The molecule has 0 aromatic heterocycles. The molecule has 0 spiro atoms. The Hall–Kier alpha value is -2.49. The lowest BCUT2D eigenvalue weighted by atomic mass is 10.1. The number of carbonyl (C=O) groups excluding carboxylic acids is 1. The normalized spacial score (nSPS) is 11.5. The Morgan fingerprint density at radius 3 is 2.37 bits per heavy atom. The molecule has 0 radical (unpaired) electrons. The molecule has 0 aliphatic carbocycles. The molecule has 0 aliphatic heterocycles. The van der Waals surface area contributed by atoms with E-state index in [4.69, 9.17) is 11.6 Å². The largest absolute Gasteiger partial charge is 0.322 e. The minimum absolute atomic E-state index is 0.0315. The monoisotopic (exact) mass is 411 g/mol. The molecule has 0 saturated carbocycles. The zero-order valence-electron chi connectivity index (χ0n) is 15.1. The molecule has 0 heterocycles. The number of benzene rings is 2. The van der Waals surface area contributed by atoms with E-state index >= 15 is 0 Å². The van der Waals surface area contributed by atoms with E-state index < -0.39 is 20.9 Å². The van der Waals surface area contributed by atoms with Gasteiger partial charge in [-0.25, -0.2) is 12.7 Å². The maximum atomic E-state index is 12.5. The first-order valence-corrected chi connectivity index (χ1v) is 9.56. The van der Waals surface area contributed by atoms with Crippen molar-refractivity contribution < 1.29 is 18.1 Å². The van der Waals surface area contributed by atoms with Crippen LogP contribution in [0.25, 0.3) is 0 Å². The van der Waals surface area contributed by atoms with Crippen molar-refractivity contribution in [2.75, 3.05) is 19.4 Å². The van der Waals surface area contributed by atoms with Crippen molar-refractivity contribution in [3.05, 3.63) is 62.2 Å². The molecular weight excluding hydrogens is 394 g/mol. The Morgan fingerprint density at radius 2 is 1.81 bits per heavy atom. The predicted octanol–water partition coefficient (Wildman–Crippen LogP) is 3.37. The van der Waals surface area contributed by atoms with Crippen molar-refractivity contribution >= 4 is 38.9 Å². The number of amides is 1. The highest BCUT2D eigenvalue weighted by Gasteiger charge is 2.21. The first kappa shape index (κ1) is 20.8. The van der Waals surface area contributed by atoms with Crippen LogP contribution in [0.1, 0.15) is 21.5 Å². The van der Waals surface area contributed by atoms with E-state index in [2.05, 4.69) is 5.32 Å². The summed E-state index contributed by atoms with van der Waals surface area (Å²) < 4.78 is 25.8. The SMILES string of the molecule is Cc1cc(S(=O)(=O)N(C)C)cc(NC(=O)c2ccc(Cl)c([N+](=O)[O-])c2)c1C. The quantitative estimate of drug-likeness (QED) is 0.599. The van der Waals surface area contributed by atoms with Gasteiger partial charge < -0.3 is 5.32 Å². The average Bonchev–Trinajstić information content (AvgIpc) is 2.58. The summed E-state index contributed by atoms with van der Waals surface area (Å²) >= 11 is 5.76. The van der Waals surface area contributed by atoms with Gasteiger partial charge in [0.15, 0.2) is 0 Å². The molecule has 0 atom stereocenters. The summed E-state index contributed by atoms with van der Waals surface area (Å²) in [7, 11) is -0.863. The molecule has 2 rings (SSSR count). The van der Waals surface area contributed by atoms with Gasteiger partial charge in [0, 0.05) is 31.4 Å². The number of anilines is 1. The number of hydrogen-bond donors (Lipinski definition) is 1. The lowest BCUT2D eigenvalue weighted by Gasteiger charge is -2.16. The lowest BCUT2D eigenvalue weighted by Crippen LogP contribution is -2.23. The summed E-state index contributed by atoms with van der Waals surface area (Å²) in [6.07, 6.45) is 0. The van der Waals surface area contributed by atoms with Crippen LogP contribution in [-0.2, 0) is 10.0 Å². The smallest absolute Gasteiger partial charge is 0.288 e. The second kappa shape index (κ2) is 7.63. The van der Waals surface area contributed by atoms with Crippen molar-refractivity contribution in [1.82, 2.24) is 4.31 Å². The van der Waals surface area contributed by atoms with E-state index in [1.165, 1.54) is 38.4 Å². The van der Waals surface area contributed by atoms with Crippen LogP contribution in [-0.4, -0.2) is 37.6 Å². The number of carbonyl (C=O) groups is 1. The maximum Gasteiger partial charge on any atom is 0.288 e. The number of nitrogens with one attached hydrogen (secondary N) is 1. The average molecular weight is 412 g/mol. The minimum atomic E-state index is -3.69. The Labute approximate surface area is 162 Å². The molecule has 10 heteroatoms. The number of nitro groups is 1. The Morgan fingerprint density at radius 1 is 1.19 bits per heavy atom. The third-order valence-corrected chi connectivity index (χ3v) is 6.19. The standard InChI is InChI=1S/C17H18ClN3O5S/c1-10-7-13(27(25,26)20(3)4)9-15(11(10)2)19-17(22)12-5-6-14(18)16(8-12)21(23)24/h5-9H,1-4H3,(H,19,22). The summed E-state index contributed by atoms with van der Waals surface area (Å²) in [5, 5.41) is 13.5. The first-order chi connectivity index (χ1) is 12.4. The van der Waals surface area contributed by atoms with Crippen LogP contribution in [0.5, 0.6) is 0 Å².